The van der Waals surface area contributed by atoms with Gasteiger partial charge in [-0.05, 0) is 6.08 Å². The lowest BCUT2D eigenvalue weighted by molar-refractivity contribution is -0.179. The van der Waals surface area contributed by atoms with Crippen molar-refractivity contribution in [1.29, 1.82) is 0 Å². The van der Waals surface area contributed by atoms with E-state index >= 15 is 0 Å². The van der Waals surface area contributed by atoms with Crippen LogP contribution in [0.1, 0.15) is 6.42 Å². The molecule has 0 aromatic heterocycles. The van der Waals surface area contributed by atoms with Gasteiger partial charge < -0.3 is 14.9 Å². The molecule has 0 saturated heterocycles. The van der Waals surface area contributed by atoms with E-state index < -0.39 is 11.9 Å². The molecule has 1 atom stereocenters. The van der Waals surface area contributed by atoms with Crippen molar-refractivity contribution in [2.45, 2.75) is 12.3 Å². The van der Waals surface area contributed by atoms with Crippen molar-refractivity contribution in [1.82, 2.24) is 5.32 Å². The van der Waals surface area contributed by atoms with Gasteiger partial charge in [0.2, 0.25) is 0 Å². The maximum Gasteiger partial charge on any atom is 0.317 e. The van der Waals surface area contributed by atoms with Gasteiger partial charge in [-0.25, -0.2) is 5.32 Å². The Morgan fingerprint density at radius 1 is 1.82 bits per heavy atom. The molecule has 3 N–H and O–H groups in total. The average molecular weight is 159 g/mol. The van der Waals surface area contributed by atoms with E-state index in [1.807, 2.05) is 0 Å². The Bertz CT molecular complexity index is 181. The number of hydrogen-bond acceptors (Lipinski definition) is 4. The third-order valence-electron chi connectivity index (χ3n) is 1.27. The molecular formula is C6H9NO4. The first-order valence-corrected chi connectivity index (χ1v) is 3.14. The van der Waals surface area contributed by atoms with E-state index in [9.17, 15) is 9.90 Å². The van der Waals surface area contributed by atoms with E-state index in [1.54, 1.807) is 6.08 Å². The largest absolute Gasteiger partial charge is 0.480 e. The number of hydrogen-bond donors (Lipinski definition) is 3. The Morgan fingerprint density at radius 3 is 3.00 bits per heavy atom. The second kappa shape index (κ2) is 2.89. The Hall–Kier alpha value is -1.07. The van der Waals surface area contributed by atoms with Crippen LogP contribution in [0.25, 0.3) is 0 Å². The molecule has 1 heterocycles. The molecule has 0 bridgehead atoms. The van der Waals surface area contributed by atoms with Crippen molar-refractivity contribution in [3.05, 3.63) is 12.3 Å². The normalized spacial score (nSPS) is 28.5. The summed E-state index contributed by atoms with van der Waals surface area (Å²) in [6.07, 6.45) is 3.20. The Morgan fingerprint density at radius 2 is 2.55 bits per heavy atom. The molecule has 1 aliphatic rings. The molecule has 62 valence electrons. The predicted molar refractivity (Wildman–Crippen MR) is 35.4 cm³/mol. The zero-order valence-corrected chi connectivity index (χ0v) is 5.78. The van der Waals surface area contributed by atoms with Gasteiger partial charge in [-0.2, -0.15) is 0 Å². The van der Waals surface area contributed by atoms with Crippen LogP contribution in [0.2, 0.25) is 0 Å². The van der Waals surface area contributed by atoms with E-state index in [4.69, 9.17) is 9.84 Å². The number of ether oxygens (including phenoxy) is 1. The molecule has 0 fully saturated rings. The summed E-state index contributed by atoms with van der Waals surface area (Å²) in [5.41, 5.74) is 0. The molecule has 0 amide bonds. The summed E-state index contributed by atoms with van der Waals surface area (Å²) in [6, 6.07) is 0. The van der Waals surface area contributed by atoms with E-state index in [2.05, 4.69) is 5.32 Å². The van der Waals surface area contributed by atoms with Gasteiger partial charge in [-0.3, -0.25) is 4.79 Å². The minimum Gasteiger partial charge on any atom is -0.480 e. The summed E-state index contributed by atoms with van der Waals surface area (Å²) < 4.78 is 4.69. The van der Waals surface area contributed by atoms with Gasteiger partial charge in [0.05, 0.1) is 12.8 Å². The standard InChI is InChI=1S/C6H9NO4/c8-5(9)4-7-6(10)2-1-3-11-6/h1,3,7,10H,2,4H2,(H,8,9)/t6-/m0/s1. The molecule has 0 aromatic rings. The molecule has 1 rings (SSSR count). The third kappa shape index (κ3) is 2.21. The van der Waals surface area contributed by atoms with Gasteiger partial charge in [-0.15, -0.1) is 0 Å². The van der Waals surface area contributed by atoms with Crippen LogP contribution in [-0.2, 0) is 9.53 Å². The van der Waals surface area contributed by atoms with Crippen molar-refractivity contribution in [2.75, 3.05) is 6.54 Å². The highest BCUT2D eigenvalue weighted by atomic mass is 16.6. The number of aliphatic hydroxyl groups is 1. The molecule has 1 aliphatic heterocycles. The Kier molecular flexibility index (Phi) is 2.11. The first-order chi connectivity index (χ1) is 5.12. The van der Waals surface area contributed by atoms with E-state index in [0.717, 1.165) is 0 Å². The fraction of sp³-hybridized carbons (Fsp3) is 0.500. The lowest BCUT2D eigenvalue weighted by Gasteiger charge is -2.21. The molecule has 0 radical (unpaired) electrons. The summed E-state index contributed by atoms with van der Waals surface area (Å²) >= 11 is 0. The second-order valence-electron chi connectivity index (χ2n) is 2.23. The minimum atomic E-state index is -1.52. The first-order valence-electron chi connectivity index (χ1n) is 3.14. The van der Waals surface area contributed by atoms with Crippen LogP contribution in [0.4, 0.5) is 0 Å². The van der Waals surface area contributed by atoms with Gasteiger partial charge in [0.1, 0.15) is 0 Å². The van der Waals surface area contributed by atoms with Crippen LogP contribution in [0.3, 0.4) is 0 Å². The zero-order chi connectivity index (χ0) is 8.32. The topological polar surface area (TPSA) is 78.8 Å². The second-order valence-corrected chi connectivity index (χ2v) is 2.23. The Balaban J connectivity index is 2.30. The highest BCUT2D eigenvalue weighted by Gasteiger charge is 2.29. The number of rotatable bonds is 3. The van der Waals surface area contributed by atoms with Crippen molar-refractivity contribution in [3.8, 4) is 0 Å². The van der Waals surface area contributed by atoms with Crippen LogP contribution < -0.4 is 5.32 Å². The van der Waals surface area contributed by atoms with E-state index in [-0.39, 0.29) is 13.0 Å². The monoisotopic (exact) mass is 159 g/mol. The molecule has 0 aliphatic carbocycles. The van der Waals surface area contributed by atoms with Crippen LogP contribution in [0.5, 0.6) is 0 Å². The number of aliphatic carboxylic acids is 1. The summed E-state index contributed by atoms with van der Waals surface area (Å²) in [6.45, 7) is -0.321. The van der Waals surface area contributed by atoms with Crippen LogP contribution in [0.15, 0.2) is 12.3 Å². The number of carbonyl (C=O) groups is 1. The zero-order valence-electron chi connectivity index (χ0n) is 5.78. The number of carboxylic acids is 1. The van der Waals surface area contributed by atoms with E-state index in [0.29, 0.717) is 0 Å². The van der Waals surface area contributed by atoms with Crippen LogP contribution >= 0.6 is 0 Å². The highest BCUT2D eigenvalue weighted by molar-refractivity contribution is 5.69. The number of carboxylic acid groups (broad SMARTS) is 1. The molecule has 11 heavy (non-hydrogen) atoms. The van der Waals surface area contributed by atoms with Crippen molar-refractivity contribution in [2.24, 2.45) is 0 Å². The lowest BCUT2D eigenvalue weighted by Crippen LogP contribution is -2.46. The minimum absolute atomic E-state index is 0.264. The molecule has 5 heteroatoms. The summed E-state index contributed by atoms with van der Waals surface area (Å²) in [5, 5.41) is 19.8. The maximum atomic E-state index is 10.0. The third-order valence-corrected chi connectivity index (χ3v) is 1.27. The summed E-state index contributed by atoms with van der Waals surface area (Å²) in [5.74, 6) is -2.55. The molecule has 0 aromatic carbocycles. The van der Waals surface area contributed by atoms with Crippen molar-refractivity contribution < 1.29 is 19.7 Å². The van der Waals surface area contributed by atoms with E-state index in [1.165, 1.54) is 6.26 Å². The average Bonchev–Trinajstić information content (AvgIpc) is 2.33. The van der Waals surface area contributed by atoms with Gasteiger partial charge in [0, 0.05) is 6.42 Å². The van der Waals surface area contributed by atoms with Crippen molar-refractivity contribution >= 4 is 5.97 Å². The van der Waals surface area contributed by atoms with Gasteiger partial charge in [0.15, 0.2) is 0 Å². The molecule has 5 nitrogen and oxygen atoms in total. The molecule has 0 unspecified atom stereocenters. The first kappa shape index (κ1) is 8.03. The van der Waals surface area contributed by atoms with Gasteiger partial charge in [-0.1, -0.05) is 0 Å². The summed E-state index contributed by atoms with van der Waals surface area (Å²) in [4.78, 5) is 10.0. The number of nitrogens with one attached hydrogen (secondary N) is 1. The SMILES string of the molecule is O=C(O)CN[C@]1(O)CC=CO1. The Labute approximate surface area is 63.3 Å². The maximum absolute atomic E-state index is 10.0. The molecular weight excluding hydrogens is 150 g/mol. The van der Waals surface area contributed by atoms with Crippen molar-refractivity contribution in [3.63, 3.8) is 0 Å². The smallest absolute Gasteiger partial charge is 0.317 e. The fourth-order valence-electron chi connectivity index (χ4n) is 0.744. The quantitative estimate of drug-likeness (QED) is 0.472. The molecule has 0 saturated carbocycles. The molecule has 0 spiro atoms. The van der Waals surface area contributed by atoms with Gasteiger partial charge >= 0.3 is 5.97 Å². The van der Waals surface area contributed by atoms with Crippen LogP contribution in [-0.4, -0.2) is 28.6 Å². The highest BCUT2D eigenvalue weighted by Crippen LogP contribution is 2.15. The van der Waals surface area contributed by atoms with Crippen LogP contribution in [0, 0.1) is 0 Å². The lowest BCUT2D eigenvalue weighted by atomic mass is 10.3. The predicted octanol–water partition coefficient (Wildman–Crippen LogP) is -0.759. The fourth-order valence-corrected chi connectivity index (χ4v) is 0.744. The summed E-state index contributed by atoms with van der Waals surface area (Å²) in [7, 11) is 0. The van der Waals surface area contributed by atoms with Gasteiger partial charge in [0.25, 0.3) is 5.91 Å².